The minimum atomic E-state index is -0.250. The van der Waals surface area contributed by atoms with Gasteiger partial charge in [0.15, 0.2) is 5.13 Å². The van der Waals surface area contributed by atoms with Crippen molar-refractivity contribution in [1.29, 1.82) is 0 Å². The second-order valence-electron chi connectivity index (χ2n) is 6.45. The topological polar surface area (TPSA) is 60.5 Å². The quantitative estimate of drug-likeness (QED) is 0.424. The molecule has 0 saturated heterocycles. The summed E-state index contributed by atoms with van der Waals surface area (Å²) in [5.74, 6) is 1.05. The smallest absolute Gasteiger partial charge is 0.261 e. The molecule has 4 rings (SSSR count). The van der Waals surface area contributed by atoms with Crippen molar-refractivity contribution in [2.24, 2.45) is 0 Å². The van der Waals surface area contributed by atoms with Crippen molar-refractivity contribution in [3.8, 4) is 11.5 Å². The van der Waals surface area contributed by atoms with Gasteiger partial charge in [-0.15, -0.1) is 0 Å². The van der Waals surface area contributed by atoms with Gasteiger partial charge in [-0.25, -0.2) is 4.98 Å². The molecule has 0 atom stereocenters. The number of aromatic nitrogens is 1. The molecule has 1 N–H and O–H groups in total. The Hall–Kier alpha value is -3.38. The zero-order valence-electron chi connectivity index (χ0n) is 15.9. The maximum absolute atomic E-state index is 12.8. The second-order valence-corrected chi connectivity index (χ2v) is 7.48. The van der Waals surface area contributed by atoms with E-state index >= 15 is 0 Å². The number of benzene rings is 3. The van der Waals surface area contributed by atoms with E-state index in [1.54, 1.807) is 12.1 Å². The average molecular weight is 404 g/mol. The largest absolute Gasteiger partial charge is 0.490 e. The number of hydrogen-bond acceptors (Lipinski definition) is 5. The predicted molar refractivity (Wildman–Crippen MR) is 116 cm³/mol. The van der Waals surface area contributed by atoms with E-state index in [0.29, 0.717) is 29.7 Å². The Morgan fingerprint density at radius 2 is 1.72 bits per heavy atom. The molecule has 0 fully saturated rings. The molecule has 0 aliphatic rings. The van der Waals surface area contributed by atoms with E-state index in [2.05, 4.69) is 16.4 Å². The summed E-state index contributed by atoms with van der Waals surface area (Å²) < 4.78 is 12.5. The lowest BCUT2D eigenvalue weighted by Gasteiger charge is -2.11. The summed E-state index contributed by atoms with van der Waals surface area (Å²) >= 11 is 1.46. The molecule has 3 aromatic carbocycles. The summed E-state index contributed by atoms with van der Waals surface area (Å²) in [6, 6.07) is 22.7. The fraction of sp³-hybridized carbons (Fsp3) is 0.130. The monoisotopic (exact) mass is 404 g/mol. The fourth-order valence-electron chi connectivity index (χ4n) is 2.86. The lowest BCUT2D eigenvalue weighted by Crippen LogP contribution is -2.15. The van der Waals surface area contributed by atoms with Crippen molar-refractivity contribution in [2.75, 3.05) is 18.5 Å². The van der Waals surface area contributed by atoms with E-state index in [-0.39, 0.29) is 5.91 Å². The first-order valence-electron chi connectivity index (χ1n) is 9.27. The minimum Gasteiger partial charge on any atom is -0.490 e. The SMILES string of the molecule is Cc1ccc2nc(NC(=O)c3ccccc3OCCOc3ccccc3)sc2c1. The zero-order chi connectivity index (χ0) is 20.1. The second kappa shape index (κ2) is 8.75. The van der Waals surface area contributed by atoms with E-state index in [9.17, 15) is 4.79 Å². The molecule has 4 aromatic rings. The van der Waals surface area contributed by atoms with Gasteiger partial charge in [0, 0.05) is 0 Å². The molecular formula is C23H20N2O3S. The van der Waals surface area contributed by atoms with Gasteiger partial charge in [-0.2, -0.15) is 0 Å². The van der Waals surface area contributed by atoms with Gasteiger partial charge in [0.05, 0.1) is 15.8 Å². The third-order valence-corrected chi connectivity index (χ3v) is 5.18. The summed E-state index contributed by atoms with van der Waals surface area (Å²) in [5.41, 5.74) is 2.50. The van der Waals surface area contributed by atoms with Crippen LogP contribution in [0.3, 0.4) is 0 Å². The van der Waals surface area contributed by atoms with Gasteiger partial charge in [-0.1, -0.05) is 47.7 Å². The van der Waals surface area contributed by atoms with Crippen molar-refractivity contribution >= 4 is 32.6 Å². The van der Waals surface area contributed by atoms with E-state index in [1.807, 2.05) is 61.5 Å². The molecule has 0 radical (unpaired) electrons. The summed E-state index contributed by atoms with van der Waals surface area (Å²) in [5, 5.41) is 3.45. The van der Waals surface area contributed by atoms with Gasteiger partial charge in [-0.05, 0) is 48.9 Å². The van der Waals surface area contributed by atoms with Crippen molar-refractivity contribution in [1.82, 2.24) is 4.98 Å². The highest BCUT2D eigenvalue weighted by atomic mass is 32.1. The third-order valence-electron chi connectivity index (χ3n) is 4.25. The van der Waals surface area contributed by atoms with Gasteiger partial charge >= 0.3 is 0 Å². The summed E-state index contributed by atoms with van der Waals surface area (Å²) in [4.78, 5) is 17.3. The molecule has 1 heterocycles. The van der Waals surface area contributed by atoms with E-state index in [4.69, 9.17) is 9.47 Å². The number of thiazole rings is 1. The molecule has 1 aromatic heterocycles. The lowest BCUT2D eigenvalue weighted by atomic mass is 10.2. The van der Waals surface area contributed by atoms with Gasteiger partial charge in [0.1, 0.15) is 24.7 Å². The highest BCUT2D eigenvalue weighted by Gasteiger charge is 2.14. The number of amides is 1. The molecule has 5 nitrogen and oxygen atoms in total. The Bertz CT molecular complexity index is 1130. The van der Waals surface area contributed by atoms with E-state index in [1.165, 1.54) is 11.3 Å². The molecule has 6 heteroatoms. The van der Waals surface area contributed by atoms with Crippen molar-refractivity contribution in [2.45, 2.75) is 6.92 Å². The summed E-state index contributed by atoms with van der Waals surface area (Å²) in [6.45, 7) is 2.75. The number of fused-ring (bicyclic) bond motifs is 1. The number of carbonyl (C=O) groups is 1. The number of rotatable bonds is 7. The van der Waals surface area contributed by atoms with Crippen LogP contribution in [-0.4, -0.2) is 24.1 Å². The van der Waals surface area contributed by atoms with Crippen LogP contribution in [0.4, 0.5) is 5.13 Å². The number of aryl methyl sites for hydroxylation is 1. The predicted octanol–water partition coefficient (Wildman–Crippen LogP) is 5.31. The van der Waals surface area contributed by atoms with Crippen LogP contribution in [0, 0.1) is 6.92 Å². The van der Waals surface area contributed by atoms with Crippen LogP contribution in [0.1, 0.15) is 15.9 Å². The van der Waals surface area contributed by atoms with Crippen molar-refractivity contribution < 1.29 is 14.3 Å². The van der Waals surface area contributed by atoms with Gasteiger partial charge < -0.3 is 9.47 Å². The number of carbonyl (C=O) groups excluding carboxylic acids is 1. The van der Waals surface area contributed by atoms with Crippen molar-refractivity contribution in [3.63, 3.8) is 0 Å². The van der Waals surface area contributed by atoms with Crippen LogP contribution in [0.25, 0.3) is 10.2 Å². The molecule has 29 heavy (non-hydrogen) atoms. The Morgan fingerprint density at radius 1 is 0.966 bits per heavy atom. The third kappa shape index (κ3) is 4.73. The number of nitrogens with one attached hydrogen (secondary N) is 1. The van der Waals surface area contributed by atoms with Crippen LogP contribution < -0.4 is 14.8 Å². The first-order chi connectivity index (χ1) is 14.2. The van der Waals surface area contributed by atoms with Crippen molar-refractivity contribution in [3.05, 3.63) is 83.9 Å². The molecule has 1 amide bonds. The molecule has 0 aliphatic heterocycles. The number of anilines is 1. The number of nitrogens with zero attached hydrogens (tertiary/aromatic N) is 1. The summed E-state index contributed by atoms with van der Waals surface area (Å²) in [7, 11) is 0. The number of ether oxygens (including phenoxy) is 2. The van der Waals surface area contributed by atoms with E-state index < -0.39 is 0 Å². The molecule has 0 aliphatic carbocycles. The number of hydrogen-bond donors (Lipinski definition) is 1. The van der Waals surface area contributed by atoms with Crippen LogP contribution in [0.2, 0.25) is 0 Å². The zero-order valence-corrected chi connectivity index (χ0v) is 16.7. The molecular weight excluding hydrogens is 384 g/mol. The average Bonchev–Trinajstić information content (AvgIpc) is 3.13. The van der Waals surface area contributed by atoms with Gasteiger partial charge in [-0.3, -0.25) is 10.1 Å². The van der Waals surface area contributed by atoms with Crippen LogP contribution in [-0.2, 0) is 0 Å². The Balaban J connectivity index is 1.40. The van der Waals surface area contributed by atoms with E-state index in [0.717, 1.165) is 21.5 Å². The number of para-hydroxylation sites is 2. The maximum Gasteiger partial charge on any atom is 0.261 e. The standard InChI is InChI=1S/C23H20N2O3S/c1-16-11-12-19-21(15-16)29-23(24-19)25-22(26)18-9-5-6-10-20(18)28-14-13-27-17-7-3-2-4-8-17/h2-12,15H,13-14H2,1H3,(H,24,25,26). The summed E-state index contributed by atoms with van der Waals surface area (Å²) in [6.07, 6.45) is 0. The van der Waals surface area contributed by atoms with Crippen LogP contribution in [0.5, 0.6) is 11.5 Å². The molecule has 0 spiro atoms. The Labute approximate surface area is 172 Å². The molecule has 0 bridgehead atoms. The van der Waals surface area contributed by atoms with Crippen LogP contribution >= 0.6 is 11.3 Å². The first kappa shape index (κ1) is 19.0. The molecule has 0 saturated carbocycles. The molecule has 0 unspecified atom stereocenters. The van der Waals surface area contributed by atoms with Gasteiger partial charge in [0.25, 0.3) is 5.91 Å². The normalized spacial score (nSPS) is 10.7. The van der Waals surface area contributed by atoms with Gasteiger partial charge in [0.2, 0.25) is 0 Å². The highest BCUT2D eigenvalue weighted by Crippen LogP contribution is 2.28. The lowest BCUT2D eigenvalue weighted by molar-refractivity contribution is 0.102. The van der Waals surface area contributed by atoms with Crippen LogP contribution in [0.15, 0.2) is 72.8 Å². The highest BCUT2D eigenvalue weighted by molar-refractivity contribution is 7.22. The minimum absolute atomic E-state index is 0.250. The Kier molecular flexibility index (Phi) is 5.72. The first-order valence-corrected chi connectivity index (χ1v) is 10.1. The Morgan fingerprint density at radius 3 is 2.59 bits per heavy atom. The maximum atomic E-state index is 12.8. The fourth-order valence-corrected chi connectivity index (χ4v) is 3.82. The molecule has 146 valence electrons.